The van der Waals surface area contributed by atoms with E-state index in [-0.39, 0.29) is 18.2 Å². The third kappa shape index (κ3) is 1.77. The lowest BCUT2D eigenvalue weighted by molar-refractivity contribution is -0.154. The van der Waals surface area contributed by atoms with Crippen LogP contribution >= 0.6 is 0 Å². The van der Waals surface area contributed by atoms with Gasteiger partial charge in [0.1, 0.15) is 6.04 Å². The van der Waals surface area contributed by atoms with Crippen LogP contribution in [-0.2, 0) is 9.53 Å². The van der Waals surface area contributed by atoms with Gasteiger partial charge in [-0.1, -0.05) is 12.8 Å². The molecule has 4 heteroatoms. The van der Waals surface area contributed by atoms with E-state index >= 15 is 0 Å². The Morgan fingerprint density at radius 1 is 1.43 bits per heavy atom. The number of carboxylic acids is 1. The van der Waals surface area contributed by atoms with Gasteiger partial charge in [-0.25, -0.2) is 0 Å². The van der Waals surface area contributed by atoms with Crippen molar-refractivity contribution in [2.45, 2.75) is 56.9 Å². The minimum Gasteiger partial charge on any atom is -0.480 e. The molecule has 1 heterocycles. The summed E-state index contributed by atoms with van der Waals surface area (Å²) in [5, 5.41) is 12.1. The van der Waals surface area contributed by atoms with Crippen molar-refractivity contribution in [3.8, 4) is 0 Å². The summed E-state index contributed by atoms with van der Waals surface area (Å²) in [5.41, 5.74) is 0. The fourth-order valence-electron chi connectivity index (χ4n) is 2.44. The van der Waals surface area contributed by atoms with E-state index in [1.165, 1.54) is 12.8 Å². The molecule has 4 atom stereocenters. The van der Waals surface area contributed by atoms with E-state index in [4.69, 9.17) is 9.84 Å². The molecular weight excluding hydrogens is 182 g/mol. The highest BCUT2D eigenvalue weighted by molar-refractivity contribution is 5.74. The quantitative estimate of drug-likeness (QED) is 0.654. The Labute approximate surface area is 83.6 Å². The van der Waals surface area contributed by atoms with Crippen LogP contribution in [0.25, 0.3) is 0 Å². The molecule has 4 unspecified atom stereocenters. The van der Waals surface area contributed by atoms with Gasteiger partial charge in [0, 0.05) is 6.04 Å². The second-order valence-corrected chi connectivity index (χ2v) is 4.25. The number of carboxylic acid groups (broad SMARTS) is 1. The molecule has 80 valence electrons. The van der Waals surface area contributed by atoms with E-state index in [0.29, 0.717) is 0 Å². The Balaban J connectivity index is 2.03. The van der Waals surface area contributed by atoms with Crippen LogP contribution in [0.3, 0.4) is 0 Å². The fraction of sp³-hybridized carbons (Fsp3) is 0.900. The van der Waals surface area contributed by atoms with Crippen molar-refractivity contribution in [1.82, 2.24) is 5.32 Å². The maximum atomic E-state index is 10.9. The standard InChI is InChI=1S/C10H17NO3/c1-6-9(10(12)13)11-7-4-2-3-5-8(7)14-6/h6-9,11H,2-5H2,1H3,(H,12,13). The van der Waals surface area contributed by atoms with E-state index in [0.717, 1.165) is 12.8 Å². The average molecular weight is 199 g/mol. The molecule has 1 saturated heterocycles. The first-order valence-electron chi connectivity index (χ1n) is 5.33. The zero-order valence-electron chi connectivity index (χ0n) is 8.40. The minimum absolute atomic E-state index is 0.216. The molecule has 0 aromatic heterocycles. The Morgan fingerprint density at radius 3 is 2.86 bits per heavy atom. The number of hydrogen-bond acceptors (Lipinski definition) is 3. The van der Waals surface area contributed by atoms with Crippen LogP contribution < -0.4 is 5.32 Å². The van der Waals surface area contributed by atoms with E-state index < -0.39 is 12.0 Å². The zero-order chi connectivity index (χ0) is 10.1. The molecule has 0 aromatic rings. The summed E-state index contributed by atoms with van der Waals surface area (Å²) < 4.78 is 5.72. The second-order valence-electron chi connectivity index (χ2n) is 4.25. The monoisotopic (exact) mass is 199 g/mol. The molecule has 1 aliphatic heterocycles. The van der Waals surface area contributed by atoms with Gasteiger partial charge in [0.05, 0.1) is 12.2 Å². The summed E-state index contributed by atoms with van der Waals surface area (Å²) in [4.78, 5) is 10.9. The molecule has 0 bridgehead atoms. The number of aliphatic carboxylic acids is 1. The number of ether oxygens (including phenoxy) is 1. The van der Waals surface area contributed by atoms with Crippen LogP contribution in [0.1, 0.15) is 32.6 Å². The number of hydrogen-bond donors (Lipinski definition) is 2. The van der Waals surface area contributed by atoms with Crippen LogP contribution in [-0.4, -0.2) is 35.4 Å². The van der Waals surface area contributed by atoms with Crippen molar-refractivity contribution in [3.05, 3.63) is 0 Å². The lowest BCUT2D eigenvalue weighted by Crippen LogP contribution is -2.61. The molecule has 0 radical (unpaired) electrons. The smallest absolute Gasteiger partial charge is 0.323 e. The molecular formula is C10H17NO3. The molecule has 1 aliphatic carbocycles. The van der Waals surface area contributed by atoms with Crippen LogP contribution in [0.5, 0.6) is 0 Å². The summed E-state index contributed by atoms with van der Waals surface area (Å²) in [5.74, 6) is -0.804. The van der Waals surface area contributed by atoms with Gasteiger partial charge >= 0.3 is 5.97 Å². The molecule has 1 saturated carbocycles. The van der Waals surface area contributed by atoms with Crippen LogP contribution in [0.2, 0.25) is 0 Å². The Bertz CT molecular complexity index is 231. The first-order chi connectivity index (χ1) is 6.68. The largest absolute Gasteiger partial charge is 0.480 e. The third-order valence-corrected chi connectivity index (χ3v) is 3.22. The Hall–Kier alpha value is -0.610. The number of carbonyl (C=O) groups is 1. The normalized spacial score (nSPS) is 42.9. The highest BCUT2D eigenvalue weighted by atomic mass is 16.5. The summed E-state index contributed by atoms with van der Waals surface area (Å²) in [6, 6.07) is -0.282. The molecule has 4 nitrogen and oxygen atoms in total. The van der Waals surface area contributed by atoms with Crippen molar-refractivity contribution in [1.29, 1.82) is 0 Å². The SMILES string of the molecule is CC1OC2CCCCC2NC1C(=O)O. The summed E-state index contributed by atoms with van der Waals surface area (Å²) >= 11 is 0. The fourth-order valence-corrected chi connectivity index (χ4v) is 2.44. The van der Waals surface area contributed by atoms with Crippen molar-refractivity contribution in [2.75, 3.05) is 0 Å². The zero-order valence-corrected chi connectivity index (χ0v) is 8.40. The molecule has 2 aliphatic rings. The number of morpholine rings is 1. The van der Waals surface area contributed by atoms with Crippen molar-refractivity contribution in [3.63, 3.8) is 0 Å². The average Bonchev–Trinajstić information content (AvgIpc) is 2.16. The predicted molar refractivity (Wildman–Crippen MR) is 51.2 cm³/mol. The van der Waals surface area contributed by atoms with E-state index in [1.807, 2.05) is 6.92 Å². The van der Waals surface area contributed by atoms with E-state index in [1.54, 1.807) is 0 Å². The Morgan fingerprint density at radius 2 is 2.14 bits per heavy atom. The van der Waals surface area contributed by atoms with Crippen LogP contribution in [0, 0.1) is 0 Å². The van der Waals surface area contributed by atoms with Gasteiger partial charge in [-0.3, -0.25) is 10.1 Å². The first-order valence-corrected chi connectivity index (χ1v) is 5.33. The molecule has 2 rings (SSSR count). The van der Waals surface area contributed by atoms with Gasteiger partial charge < -0.3 is 9.84 Å². The summed E-state index contributed by atoms with van der Waals surface area (Å²) in [6.07, 6.45) is 4.50. The highest BCUT2D eigenvalue weighted by Crippen LogP contribution is 2.27. The van der Waals surface area contributed by atoms with E-state index in [9.17, 15) is 4.79 Å². The molecule has 2 fully saturated rings. The van der Waals surface area contributed by atoms with Gasteiger partial charge in [0.2, 0.25) is 0 Å². The van der Waals surface area contributed by atoms with E-state index in [2.05, 4.69) is 5.32 Å². The number of nitrogens with one attached hydrogen (secondary N) is 1. The molecule has 0 aromatic carbocycles. The first kappa shape index (κ1) is 9.93. The molecule has 14 heavy (non-hydrogen) atoms. The lowest BCUT2D eigenvalue weighted by atomic mass is 9.89. The maximum Gasteiger partial charge on any atom is 0.323 e. The molecule has 2 N–H and O–H groups in total. The Kier molecular flexibility index (Phi) is 2.74. The lowest BCUT2D eigenvalue weighted by Gasteiger charge is -2.42. The summed E-state index contributed by atoms with van der Waals surface area (Å²) in [6.45, 7) is 1.83. The topological polar surface area (TPSA) is 58.6 Å². The van der Waals surface area contributed by atoms with Crippen LogP contribution in [0.4, 0.5) is 0 Å². The second kappa shape index (κ2) is 3.87. The van der Waals surface area contributed by atoms with Crippen LogP contribution in [0.15, 0.2) is 0 Å². The van der Waals surface area contributed by atoms with Gasteiger partial charge in [0.25, 0.3) is 0 Å². The third-order valence-electron chi connectivity index (χ3n) is 3.22. The number of rotatable bonds is 1. The van der Waals surface area contributed by atoms with Crippen molar-refractivity contribution < 1.29 is 14.6 Å². The predicted octanol–water partition coefficient (Wildman–Crippen LogP) is 0.759. The molecule has 0 amide bonds. The van der Waals surface area contributed by atoms with Gasteiger partial charge in [0.15, 0.2) is 0 Å². The number of fused-ring (bicyclic) bond motifs is 1. The van der Waals surface area contributed by atoms with Crippen molar-refractivity contribution in [2.24, 2.45) is 0 Å². The minimum atomic E-state index is -0.804. The molecule has 0 spiro atoms. The van der Waals surface area contributed by atoms with Gasteiger partial charge in [-0.05, 0) is 19.8 Å². The summed E-state index contributed by atoms with van der Waals surface area (Å²) in [7, 11) is 0. The highest BCUT2D eigenvalue weighted by Gasteiger charge is 2.39. The van der Waals surface area contributed by atoms with Crippen molar-refractivity contribution >= 4 is 5.97 Å². The maximum absolute atomic E-state index is 10.9. The van der Waals surface area contributed by atoms with Gasteiger partial charge in [-0.15, -0.1) is 0 Å². The van der Waals surface area contributed by atoms with Gasteiger partial charge in [-0.2, -0.15) is 0 Å².